The number of halogens is 2. The van der Waals surface area contributed by atoms with E-state index in [4.69, 9.17) is 33.7 Å². The van der Waals surface area contributed by atoms with Crippen LogP contribution in [0.4, 0.5) is 0 Å². The number of ether oxygens (including phenoxy) is 1. The van der Waals surface area contributed by atoms with Gasteiger partial charge in [-0.1, -0.05) is 29.3 Å². The minimum atomic E-state index is -0.510. The van der Waals surface area contributed by atoms with E-state index in [2.05, 4.69) is 0 Å². The number of hydrogen-bond acceptors (Lipinski definition) is 2. The number of amides is 1. The Bertz CT molecular complexity index is 641. The lowest BCUT2D eigenvalue weighted by molar-refractivity contribution is 0.100. The van der Waals surface area contributed by atoms with E-state index in [1.54, 1.807) is 43.5 Å². The summed E-state index contributed by atoms with van der Waals surface area (Å²) in [6.07, 6.45) is 0. The molecule has 0 atom stereocenters. The molecule has 2 aromatic carbocycles. The Kier molecular flexibility index (Phi) is 3.98. The molecule has 0 aliphatic heterocycles. The van der Waals surface area contributed by atoms with Crippen LogP contribution < -0.4 is 10.5 Å². The van der Waals surface area contributed by atoms with Crippen molar-refractivity contribution in [1.82, 2.24) is 0 Å². The van der Waals surface area contributed by atoms with Crippen molar-refractivity contribution in [3.05, 3.63) is 52.0 Å². The Morgan fingerprint density at radius 1 is 1.11 bits per heavy atom. The lowest BCUT2D eigenvalue weighted by atomic mass is 9.99. The molecule has 2 rings (SSSR count). The van der Waals surface area contributed by atoms with Crippen LogP contribution in [0, 0.1) is 0 Å². The summed E-state index contributed by atoms with van der Waals surface area (Å²) in [5, 5.41) is 0.867. The lowest BCUT2D eigenvalue weighted by Gasteiger charge is -2.10. The van der Waals surface area contributed by atoms with Gasteiger partial charge in [-0.05, 0) is 41.5 Å². The monoisotopic (exact) mass is 295 g/mol. The first kappa shape index (κ1) is 13.7. The average molecular weight is 296 g/mol. The third-order valence-electron chi connectivity index (χ3n) is 2.72. The maximum absolute atomic E-state index is 11.5. The fraction of sp³-hybridized carbons (Fsp3) is 0.0714. The highest BCUT2D eigenvalue weighted by molar-refractivity contribution is 6.42. The lowest BCUT2D eigenvalue weighted by Crippen LogP contribution is -2.12. The van der Waals surface area contributed by atoms with E-state index in [0.717, 1.165) is 5.56 Å². The molecule has 0 unspecified atom stereocenters. The highest BCUT2D eigenvalue weighted by atomic mass is 35.5. The Morgan fingerprint density at radius 3 is 2.42 bits per heavy atom. The SMILES string of the molecule is COc1ccc(C(N)=O)c(-c2ccc(Cl)c(Cl)c2)c1. The van der Waals surface area contributed by atoms with Crippen LogP contribution in [0.15, 0.2) is 36.4 Å². The number of rotatable bonds is 3. The van der Waals surface area contributed by atoms with Gasteiger partial charge in [0, 0.05) is 5.56 Å². The van der Waals surface area contributed by atoms with Crippen LogP contribution in [-0.4, -0.2) is 13.0 Å². The van der Waals surface area contributed by atoms with Gasteiger partial charge in [-0.25, -0.2) is 0 Å². The largest absolute Gasteiger partial charge is 0.497 e. The summed E-state index contributed by atoms with van der Waals surface area (Å²) < 4.78 is 5.15. The summed E-state index contributed by atoms with van der Waals surface area (Å²) in [5.41, 5.74) is 7.18. The van der Waals surface area contributed by atoms with Crippen molar-refractivity contribution in [2.45, 2.75) is 0 Å². The zero-order chi connectivity index (χ0) is 14.0. The molecular weight excluding hydrogens is 285 g/mol. The van der Waals surface area contributed by atoms with E-state index >= 15 is 0 Å². The van der Waals surface area contributed by atoms with E-state index < -0.39 is 5.91 Å². The topological polar surface area (TPSA) is 52.3 Å². The maximum Gasteiger partial charge on any atom is 0.249 e. The molecule has 0 saturated carbocycles. The van der Waals surface area contributed by atoms with E-state index in [9.17, 15) is 4.79 Å². The van der Waals surface area contributed by atoms with E-state index in [-0.39, 0.29) is 0 Å². The summed E-state index contributed by atoms with van der Waals surface area (Å²) in [6, 6.07) is 10.2. The molecule has 0 heterocycles. The molecule has 2 aromatic rings. The van der Waals surface area contributed by atoms with Gasteiger partial charge in [0.05, 0.1) is 17.2 Å². The van der Waals surface area contributed by atoms with E-state index in [1.165, 1.54) is 0 Å². The first-order valence-electron chi connectivity index (χ1n) is 5.46. The molecule has 19 heavy (non-hydrogen) atoms. The van der Waals surface area contributed by atoms with Crippen LogP contribution in [-0.2, 0) is 0 Å². The van der Waals surface area contributed by atoms with Gasteiger partial charge in [-0.3, -0.25) is 4.79 Å². The van der Waals surface area contributed by atoms with Crippen LogP contribution in [0.5, 0.6) is 5.75 Å². The third-order valence-corrected chi connectivity index (χ3v) is 3.46. The van der Waals surface area contributed by atoms with Crippen molar-refractivity contribution in [2.24, 2.45) is 5.73 Å². The van der Waals surface area contributed by atoms with Crippen molar-refractivity contribution in [2.75, 3.05) is 7.11 Å². The molecule has 0 aliphatic carbocycles. The Hall–Kier alpha value is -1.71. The molecule has 98 valence electrons. The summed E-state index contributed by atoms with van der Waals surface area (Å²) in [5.74, 6) is 0.120. The number of methoxy groups -OCH3 is 1. The second-order valence-corrected chi connectivity index (χ2v) is 4.72. The quantitative estimate of drug-likeness (QED) is 0.937. The average Bonchev–Trinajstić information content (AvgIpc) is 2.41. The van der Waals surface area contributed by atoms with Crippen molar-refractivity contribution in [3.8, 4) is 16.9 Å². The normalized spacial score (nSPS) is 10.3. The predicted octanol–water partition coefficient (Wildman–Crippen LogP) is 3.77. The molecule has 3 nitrogen and oxygen atoms in total. The summed E-state index contributed by atoms with van der Waals surface area (Å²) >= 11 is 11.9. The van der Waals surface area contributed by atoms with Crippen LogP contribution in [0.2, 0.25) is 10.0 Å². The molecule has 0 bridgehead atoms. The van der Waals surface area contributed by atoms with Gasteiger partial charge in [0.1, 0.15) is 5.75 Å². The van der Waals surface area contributed by atoms with Crippen LogP contribution in [0.3, 0.4) is 0 Å². The molecule has 1 amide bonds. The molecule has 0 aliphatic rings. The number of carbonyl (C=O) groups is 1. The number of nitrogens with two attached hydrogens (primary N) is 1. The second-order valence-electron chi connectivity index (χ2n) is 3.90. The fourth-order valence-corrected chi connectivity index (χ4v) is 2.07. The smallest absolute Gasteiger partial charge is 0.249 e. The van der Waals surface area contributed by atoms with Gasteiger partial charge in [-0.15, -0.1) is 0 Å². The van der Waals surface area contributed by atoms with Crippen molar-refractivity contribution < 1.29 is 9.53 Å². The Morgan fingerprint density at radius 2 is 1.84 bits per heavy atom. The number of hydrogen-bond donors (Lipinski definition) is 1. The minimum Gasteiger partial charge on any atom is -0.497 e. The standard InChI is InChI=1S/C14H11Cl2NO2/c1-19-9-3-4-10(14(17)18)11(7-9)8-2-5-12(15)13(16)6-8/h2-7H,1H3,(H2,17,18). The molecule has 0 spiro atoms. The molecule has 5 heteroatoms. The summed E-state index contributed by atoms with van der Waals surface area (Å²) in [4.78, 5) is 11.5. The molecule has 2 N–H and O–H groups in total. The Balaban J connectivity index is 2.64. The third kappa shape index (κ3) is 2.83. The molecule has 0 fully saturated rings. The van der Waals surface area contributed by atoms with E-state index in [0.29, 0.717) is 26.9 Å². The molecular formula is C14H11Cl2NO2. The van der Waals surface area contributed by atoms with Gasteiger partial charge in [0.2, 0.25) is 5.91 Å². The first-order valence-corrected chi connectivity index (χ1v) is 6.22. The van der Waals surface area contributed by atoms with Crippen molar-refractivity contribution >= 4 is 29.1 Å². The maximum atomic E-state index is 11.5. The van der Waals surface area contributed by atoms with Gasteiger partial charge >= 0.3 is 0 Å². The molecule has 0 saturated heterocycles. The van der Waals surface area contributed by atoms with Crippen molar-refractivity contribution in [1.29, 1.82) is 0 Å². The van der Waals surface area contributed by atoms with Crippen molar-refractivity contribution in [3.63, 3.8) is 0 Å². The number of benzene rings is 2. The number of primary amides is 1. The van der Waals surface area contributed by atoms with Crippen LogP contribution in [0.1, 0.15) is 10.4 Å². The molecule has 0 aromatic heterocycles. The predicted molar refractivity (Wildman–Crippen MR) is 77.0 cm³/mol. The van der Waals surface area contributed by atoms with Crippen LogP contribution >= 0.6 is 23.2 Å². The van der Waals surface area contributed by atoms with Crippen LogP contribution in [0.25, 0.3) is 11.1 Å². The zero-order valence-electron chi connectivity index (χ0n) is 10.1. The molecule has 0 radical (unpaired) electrons. The van der Waals surface area contributed by atoms with Gasteiger partial charge in [0.15, 0.2) is 0 Å². The van der Waals surface area contributed by atoms with Gasteiger partial charge in [-0.2, -0.15) is 0 Å². The Labute approximate surface area is 120 Å². The van der Waals surface area contributed by atoms with E-state index in [1.807, 2.05) is 0 Å². The highest BCUT2D eigenvalue weighted by Gasteiger charge is 2.12. The van der Waals surface area contributed by atoms with Gasteiger partial charge in [0.25, 0.3) is 0 Å². The summed E-state index contributed by atoms with van der Waals surface area (Å²) in [6.45, 7) is 0. The summed E-state index contributed by atoms with van der Waals surface area (Å²) in [7, 11) is 1.55. The fourth-order valence-electron chi connectivity index (χ4n) is 1.77. The highest BCUT2D eigenvalue weighted by Crippen LogP contribution is 2.32. The van der Waals surface area contributed by atoms with Gasteiger partial charge < -0.3 is 10.5 Å². The second kappa shape index (κ2) is 5.51. The number of carbonyl (C=O) groups excluding carboxylic acids is 1. The first-order chi connectivity index (χ1) is 9.02. The minimum absolute atomic E-state index is 0.402. The zero-order valence-corrected chi connectivity index (χ0v) is 11.6.